The summed E-state index contributed by atoms with van der Waals surface area (Å²) in [5.74, 6) is 0.775. The summed E-state index contributed by atoms with van der Waals surface area (Å²) in [4.78, 5) is 8.35. The Balaban J connectivity index is 2.51. The molecule has 2 heterocycles. The summed E-state index contributed by atoms with van der Waals surface area (Å²) in [6.07, 6.45) is 3.72. The minimum Gasteiger partial charge on any atom is -0.227 e. The van der Waals surface area contributed by atoms with E-state index in [1.54, 1.807) is 10.9 Å². The van der Waals surface area contributed by atoms with Crippen LogP contribution in [0.5, 0.6) is 0 Å². The van der Waals surface area contributed by atoms with E-state index in [1.165, 1.54) is 0 Å². The van der Waals surface area contributed by atoms with E-state index in [-0.39, 0.29) is 0 Å². The number of halogens is 1. The van der Waals surface area contributed by atoms with Crippen LogP contribution < -0.4 is 0 Å². The molecule has 0 saturated heterocycles. The minimum absolute atomic E-state index is 0.584. The second-order valence-corrected chi connectivity index (χ2v) is 3.81. The van der Waals surface area contributed by atoms with Crippen LogP contribution in [0.2, 0.25) is 0 Å². The Morgan fingerprint density at radius 2 is 2.07 bits per heavy atom. The maximum absolute atomic E-state index is 4.22. The van der Waals surface area contributed by atoms with Crippen LogP contribution in [0.15, 0.2) is 23.2 Å². The van der Waals surface area contributed by atoms with E-state index in [9.17, 15) is 0 Å². The largest absolute Gasteiger partial charge is 0.227 e. The van der Waals surface area contributed by atoms with E-state index in [0.29, 0.717) is 4.73 Å². The van der Waals surface area contributed by atoms with Crippen molar-refractivity contribution in [3.8, 4) is 5.82 Å². The third kappa shape index (κ3) is 1.82. The van der Waals surface area contributed by atoms with Crippen molar-refractivity contribution in [3.05, 3.63) is 34.5 Å². The highest BCUT2D eigenvalue weighted by Crippen LogP contribution is 2.10. The van der Waals surface area contributed by atoms with Gasteiger partial charge in [-0.1, -0.05) is 0 Å². The Kier molecular flexibility index (Phi) is 2.33. The molecule has 2 rings (SSSR count). The number of aromatic nitrogens is 4. The normalized spacial score (nSPS) is 10.5. The van der Waals surface area contributed by atoms with Crippen molar-refractivity contribution in [3.63, 3.8) is 0 Å². The number of nitrogens with zero attached hydrogens (tertiary/aromatic N) is 4. The SMILES string of the molecule is Cc1cnn(-c2cc(C)nc(Br)n2)c1. The molecule has 5 heteroatoms. The van der Waals surface area contributed by atoms with E-state index in [0.717, 1.165) is 17.1 Å². The minimum atomic E-state index is 0.584. The van der Waals surface area contributed by atoms with Gasteiger partial charge >= 0.3 is 0 Å². The van der Waals surface area contributed by atoms with Gasteiger partial charge in [0.05, 0.1) is 6.20 Å². The molecule has 0 aromatic carbocycles. The summed E-state index contributed by atoms with van der Waals surface area (Å²) in [6.45, 7) is 3.92. The molecule has 2 aromatic heterocycles. The van der Waals surface area contributed by atoms with Crippen LogP contribution in [0.3, 0.4) is 0 Å². The predicted octanol–water partition coefficient (Wildman–Crippen LogP) is 2.04. The van der Waals surface area contributed by atoms with Gasteiger partial charge in [0.25, 0.3) is 0 Å². The average molecular weight is 253 g/mol. The molecule has 0 unspecified atom stereocenters. The lowest BCUT2D eigenvalue weighted by atomic mass is 10.4. The van der Waals surface area contributed by atoms with Gasteiger partial charge in [0, 0.05) is 18.0 Å². The molecule has 0 aliphatic rings. The fourth-order valence-electron chi connectivity index (χ4n) is 1.17. The van der Waals surface area contributed by atoms with Crippen LogP contribution in [0.4, 0.5) is 0 Å². The summed E-state index contributed by atoms with van der Waals surface area (Å²) in [5.41, 5.74) is 2.02. The second kappa shape index (κ2) is 3.49. The van der Waals surface area contributed by atoms with Gasteiger partial charge in [0.2, 0.25) is 0 Å². The third-order valence-corrected chi connectivity index (χ3v) is 2.11. The molecular formula is C9H9BrN4. The first-order chi connectivity index (χ1) is 6.65. The maximum atomic E-state index is 4.22. The number of aryl methyl sites for hydroxylation is 2. The fraction of sp³-hybridized carbons (Fsp3) is 0.222. The molecule has 72 valence electrons. The average Bonchev–Trinajstić information content (AvgIpc) is 2.50. The summed E-state index contributed by atoms with van der Waals surface area (Å²) >= 11 is 3.25. The molecular weight excluding hydrogens is 244 g/mol. The van der Waals surface area contributed by atoms with Gasteiger partial charge in [-0.15, -0.1) is 0 Å². The van der Waals surface area contributed by atoms with Crippen LogP contribution in [-0.4, -0.2) is 19.7 Å². The highest BCUT2D eigenvalue weighted by Gasteiger charge is 2.02. The number of hydrogen-bond acceptors (Lipinski definition) is 3. The summed E-state index contributed by atoms with van der Waals surface area (Å²) in [6, 6.07) is 1.89. The number of hydrogen-bond donors (Lipinski definition) is 0. The molecule has 14 heavy (non-hydrogen) atoms. The Hall–Kier alpha value is -1.23. The lowest BCUT2D eigenvalue weighted by Gasteiger charge is -2.01. The van der Waals surface area contributed by atoms with Gasteiger partial charge in [-0.25, -0.2) is 14.6 Å². The zero-order chi connectivity index (χ0) is 10.1. The molecule has 0 saturated carbocycles. The van der Waals surface area contributed by atoms with Gasteiger partial charge in [0.1, 0.15) is 0 Å². The van der Waals surface area contributed by atoms with Gasteiger partial charge in [0.15, 0.2) is 10.6 Å². The molecule has 0 aliphatic heterocycles. The monoisotopic (exact) mass is 252 g/mol. The van der Waals surface area contributed by atoms with Crippen molar-refractivity contribution >= 4 is 15.9 Å². The zero-order valence-corrected chi connectivity index (χ0v) is 9.48. The van der Waals surface area contributed by atoms with Gasteiger partial charge < -0.3 is 0 Å². The lowest BCUT2D eigenvalue weighted by Crippen LogP contribution is -2.00. The van der Waals surface area contributed by atoms with Crippen molar-refractivity contribution in [2.45, 2.75) is 13.8 Å². The van der Waals surface area contributed by atoms with Crippen LogP contribution in [-0.2, 0) is 0 Å². The van der Waals surface area contributed by atoms with Crippen molar-refractivity contribution in [1.29, 1.82) is 0 Å². The highest BCUT2D eigenvalue weighted by atomic mass is 79.9. The first-order valence-electron chi connectivity index (χ1n) is 4.18. The van der Waals surface area contributed by atoms with Gasteiger partial charge in [-0.2, -0.15) is 5.10 Å². The predicted molar refractivity (Wildman–Crippen MR) is 56.3 cm³/mol. The molecule has 0 atom stereocenters. The quantitative estimate of drug-likeness (QED) is 0.730. The topological polar surface area (TPSA) is 43.6 Å². The van der Waals surface area contributed by atoms with Crippen molar-refractivity contribution < 1.29 is 0 Å². The van der Waals surface area contributed by atoms with Crippen molar-refractivity contribution in [2.75, 3.05) is 0 Å². The van der Waals surface area contributed by atoms with E-state index in [1.807, 2.05) is 26.1 Å². The maximum Gasteiger partial charge on any atom is 0.198 e. The molecule has 0 spiro atoms. The first kappa shape index (κ1) is 9.33. The Labute approximate surface area is 90.1 Å². The molecule has 2 aromatic rings. The summed E-state index contributed by atoms with van der Waals surface area (Å²) in [7, 11) is 0. The molecule has 0 aliphatic carbocycles. The van der Waals surface area contributed by atoms with Crippen LogP contribution in [0.1, 0.15) is 11.3 Å². The second-order valence-electron chi connectivity index (χ2n) is 3.10. The standard InChI is InChI=1S/C9H9BrN4/c1-6-4-11-14(5-6)8-3-7(2)12-9(10)13-8/h3-5H,1-2H3. The van der Waals surface area contributed by atoms with Crippen LogP contribution in [0, 0.1) is 13.8 Å². The lowest BCUT2D eigenvalue weighted by molar-refractivity contribution is 0.827. The molecule has 0 fully saturated rings. The van der Waals surface area contributed by atoms with Crippen LogP contribution in [0.25, 0.3) is 5.82 Å². The number of rotatable bonds is 1. The highest BCUT2D eigenvalue weighted by molar-refractivity contribution is 9.10. The zero-order valence-electron chi connectivity index (χ0n) is 7.90. The third-order valence-electron chi connectivity index (χ3n) is 1.76. The van der Waals surface area contributed by atoms with E-state index < -0.39 is 0 Å². The fourth-order valence-corrected chi connectivity index (χ4v) is 1.63. The van der Waals surface area contributed by atoms with E-state index in [2.05, 4.69) is 31.0 Å². The smallest absolute Gasteiger partial charge is 0.198 e. The molecule has 0 N–H and O–H groups in total. The van der Waals surface area contributed by atoms with Crippen molar-refractivity contribution in [1.82, 2.24) is 19.7 Å². The molecule has 0 radical (unpaired) electrons. The Morgan fingerprint density at radius 3 is 2.64 bits per heavy atom. The van der Waals surface area contributed by atoms with Crippen LogP contribution >= 0.6 is 15.9 Å². The molecule has 0 amide bonds. The molecule has 0 bridgehead atoms. The van der Waals surface area contributed by atoms with Crippen molar-refractivity contribution in [2.24, 2.45) is 0 Å². The summed E-state index contributed by atoms with van der Waals surface area (Å²) in [5, 5.41) is 4.17. The van der Waals surface area contributed by atoms with E-state index in [4.69, 9.17) is 0 Å². The Bertz CT molecular complexity index is 443. The first-order valence-corrected chi connectivity index (χ1v) is 4.97. The Morgan fingerprint density at radius 1 is 1.29 bits per heavy atom. The van der Waals surface area contributed by atoms with Gasteiger partial charge in [-0.3, -0.25) is 0 Å². The molecule has 4 nitrogen and oxygen atoms in total. The van der Waals surface area contributed by atoms with Gasteiger partial charge in [-0.05, 0) is 35.3 Å². The van der Waals surface area contributed by atoms with E-state index >= 15 is 0 Å². The summed E-state index contributed by atoms with van der Waals surface area (Å²) < 4.78 is 2.31.